The molecule has 25 heavy (non-hydrogen) atoms. The quantitative estimate of drug-likeness (QED) is 0.775. The van der Waals surface area contributed by atoms with Crippen molar-refractivity contribution in [3.05, 3.63) is 59.4 Å². The minimum atomic E-state index is -1.00. The van der Waals surface area contributed by atoms with Gasteiger partial charge in [-0.2, -0.15) is 0 Å². The van der Waals surface area contributed by atoms with E-state index < -0.39 is 30.2 Å². The summed E-state index contributed by atoms with van der Waals surface area (Å²) in [6, 6.07) is 9.71. The Kier molecular flexibility index (Phi) is 5.67. The van der Waals surface area contributed by atoms with Gasteiger partial charge >= 0.3 is 5.97 Å². The molecule has 0 radical (unpaired) electrons. The number of amides is 2. The first-order chi connectivity index (χ1) is 11.9. The van der Waals surface area contributed by atoms with Crippen LogP contribution in [0.4, 0.5) is 10.1 Å². The van der Waals surface area contributed by atoms with Gasteiger partial charge in [-0.15, -0.1) is 0 Å². The number of benzene rings is 2. The fourth-order valence-corrected chi connectivity index (χ4v) is 1.99. The Balaban J connectivity index is 1.98. The second kappa shape index (κ2) is 7.91. The lowest BCUT2D eigenvalue weighted by Gasteiger charge is -2.10. The number of hydrogen-bond acceptors (Lipinski definition) is 5. The number of esters is 1. The number of para-hydroxylation sites is 1. The topological polar surface area (TPSA) is 108 Å². The molecule has 130 valence electrons. The van der Waals surface area contributed by atoms with E-state index in [4.69, 9.17) is 15.2 Å². The molecule has 0 aliphatic carbocycles. The number of primary amides is 1. The minimum absolute atomic E-state index is 0.114. The Bertz CT molecular complexity index is 822. The Morgan fingerprint density at radius 2 is 1.84 bits per heavy atom. The van der Waals surface area contributed by atoms with Gasteiger partial charge in [-0.25, -0.2) is 9.18 Å². The number of carbonyl (C=O) groups is 3. The third kappa shape index (κ3) is 4.54. The van der Waals surface area contributed by atoms with Crippen LogP contribution in [0.1, 0.15) is 20.7 Å². The number of methoxy groups -OCH3 is 1. The Morgan fingerprint density at radius 3 is 2.48 bits per heavy atom. The SMILES string of the molecule is COc1ccc(C(=O)OCC(=O)Nc2ccccc2C(N)=O)c(F)c1. The van der Waals surface area contributed by atoms with Crippen molar-refractivity contribution in [3.8, 4) is 5.75 Å². The van der Waals surface area contributed by atoms with Gasteiger partial charge in [0.05, 0.1) is 23.9 Å². The third-order valence-corrected chi connectivity index (χ3v) is 3.20. The molecule has 0 bridgehead atoms. The fourth-order valence-electron chi connectivity index (χ4n) is 1.99. The molecule has 0 aromatic heterocycles. The molecule has 8 heteroatoms. The number of nitrogens with two attached hydrogens (primary N) is 1. The van der Waals surface area contributed by atoms with Crippen LogP contribution in [0.2, 0.25) is 0 Å². The number of halogens is 1. The van der Waals surface area contributed by atoms with Crippen LogP contribution in [0.5, 0.6) is 5.75 Å². The zero-order valence-corrected chi connectivity index (χ0v) is 13.2. The lowest BCUT2D eigenvalue weighted by atomic mass is 10.1. The number of nitrogens with one attached hydrogen (secondary N) is 1. The van der Waals surface area contributed by atoms with E-state index in [-0.39, 0.29) is 22.6 Å². The summed E-state index contributed by atoms with van der Waals surface area (Å²) >= 11 is 0. The second-order valence-electron chi connectivity index (χ2n) is 4.88. The number of anilines is 1. The summed E-state index contributed by atoms with van der Waals surface area (Å²) in [5.41, 5.74) is 5.17. The Labute approximate surface area is 142 Å². The summed E-state index contributed by atoms with van der Waals surface area (Å²) in [4.78, 5) is 35.0. The van der Waals surface area contributed by atoms with E-state index >= 15 is 0 Å². The van der Waals surface area contributed by atoms with E-state index in [2.05, 4.69) is 5.32 Å². The Morgan fingerprint density at radius 1 is 1.12 bits per heavy atom. The first-order valence-electron chi connectivity index (χ1n) is 7.11. The molecule has 7 nitrogen and oxygen atoms in total. The standard InChI is InChI=1S/C17H15FN2O5/c1-24-10-6-7-11(13(18)8-10)17(23)25-9-15(21)20-14-5-3-2-4-12(14)16(19)22/h2-8H,9H2,1H3,(H2,19,22)(H,20,21). The number of hydrogen-bond donors (Lipinski definition) is 2. The molecule has 0 aliphatic rings. The van der Waals surface area contributed by atoms with Gasteiger partial charge in [0.15, 0.2) is 6.61 Å². The smallest absolute Gasteiger partial charge is 0.341 e. The first kappa shape index (κ1) is 17.9. The predicted octanol–water partition coefficient (Wildman–Crippen LogP) is 1.73. The lowest BCUT2D eigenvalue weighted by molar-refractivity contribution is -0.119. The molecule has 0 saturated carbocycles. The highest BCUT2D eigenvalue weighted by atomic mass is 19.1. The highest BCUT2D eigenvalue weighted by molar-refractivity contribution is 6.03. The summed E-state index contributed by atoms with van der Waals surface area (Å²) < 4.78 is 23.4. The van der Waals surface area contributed by atoms with Gasteiger partial charge in [-0.1, -0.05) is 12.1 Å². The summed E-state index contributed by atoms with van der Waals surface area (Å²) in [5, 5.41) is 2.40. The van der Waals surface area contributed by atoms with Crippen molar-refractivity contribution < 1.29 is 28.2 Å². The van der Waals surface area contributed by atoms with Gasteiger partial charge in [-0.05, 0) is 24.3 Å². The van der Waals surface area contributed by atoms with Crippen LogP contribution < -0.4 is 15.8 Å². The van der Waals surface area contributed by atoms with Gasteiger partial charge in [-0.3, -0.25) is 9.59 Å². The van der Waals surface area contributed by atoms with Gasteiger partial charge in [0.1, 0.15) is 11.6 Å². The van der Waals surface area contributed by atoms with E-state index in [0.717, 1.165) is 6.07 Å². The van der Waals surface area contributed by atoms with E-state index in [1.807, 2.05) is 0 Å². The van der Waals surface area contributed by atoms with Crippen molar-refractivity contribution in [2.75, 3.05) is 19.0 Å². The number of rotatable bonds is 6. The van der Waals surface area contributed by atoms with Crippen molar-refractivity contribution in [2.24, 2.45) is 5.73 Å². The van der Waals surface area contributed by atoms with Gasteiger partial charge in [0.2, 0.25) is 0 Å². The maximum atomic E-state index is 13.8. The van der Waals surface area contributed by atoms with E-state index in [1.54, 1.807) is 12.1 Å². The predicted molar refractivity (Wildman–Crippen MR) is 86.8 cm³/mol. The molecule has 3 N–H and O–H groups in total. The van der Waals surface area contributed by atoms with Crippen LogP contribution in [-0.4, -0.2) is 31.5 Å². The molecule has 2 aromatic carbocycles. The molecule has 2 aromatic rings. The van der Waals surface area contributed by atoms with Gasteiger partial charge < -0.3 is 20.5 Å². The molecular formula is C17H15FN2O5. The maximum Gasteiger partial charge on any atom is 0.341 e. The van der Waals surface area contributed by atoms with Crippen molar-refractivity contribution >= 4 is 23.5 Å². The average molecular weight is 346 g/mol. The fraction of sp³-hybridized carbons (Fsp3) is 0.118. The molecular weight excluding hydrogens is 331 g/mol. The molecule has 2 amide bonds. The van der Waals surface area contributed by atoms with E-state index in [0.29, 0.717) is 0 Å². The van der Waals surface area contributed by atoms with Crippen LogP contribution in [-0.2, 0) is 9.53 Å². The molecule has 0 saturated heterocycles. The minimum Gasteiger partial charge on any atom is -0.497 e. The van der Waals surface area contributed by atoms with Crippen molar-refractivity contribution in [1.29, 1.82) is 0 Å². The summed E-state index contributed by atoms with van der Waals surface area (Å²) in [6.07, 6.45) is 0. The highest BCUT2D eigenvalue weighted by Gasteiger charge is 2.16. The molecule has 0 aliphatic heterocycles. The summed E-state index contributed by atoms with van der Waals surface area (Å²) in [7, 11) is 1.36. The number of carbonyl (C=O) groups excluding carboxylic acids is 3. The zero-order valence-electron chi connectivity index (χ0n) is 13.2. The third-order valence-electron chi connectivity index (χ3n) is 3.20. The largest absolute Gasteiger partial charge is 0.497 e. The van der Waals surface area contributed by atoms with Crippen LogP contribution >= 0.6 is 0 Å². The van der Waals surface area contributed by atoms with Gasteiger partial charge in [0.25, 0.3) is 11.8 Å². The molecule has 0 atom stereocenters. The first-order valence-corrected chi connectivity index (χ1v) is 7.11. The van der Waals surface area contributed by atoms with Crippen molar-refractivity contribution in [3.63, 3.8) is 0 Å². The molecule has 0 fully saturated rings. The van der Waals surface area contributed by atoms with Crippen LogP contribution in [0.3, 0.4) is 0 Å². The monoisotopic (exact) mass is 346 g/mol. The van der Waals surface area contributed by atoms with Crippen molar-refractivity contribution in [1.82, 2.24) is 0 Å². The van der Waals surface area contributed by atoms with Crippen molar-refractivity contribution in [2.45, 2.75) is 0 Å². The highest BCUT2D eigenvalue weighted by Crippen LogP contribution is 2.17. The molecule has 0 heterocycles. The average Bonchev–Trinajstić information content (AvgIpc) is 2.59. The Hall–Kier alpha value is -3.42. The zero-order chi connectivity index (χ0) is 18.4. The summed E-state index contributed by atoms with van der Waals surface area (Å²) in [5.74, 6) is -3.00. The van der Waals surface area contributed by atoms with E-state index in [1.165, 1.54) is 31.4 Å². The summed E-state index contributed by atoms with van der Waals surface area (Å²) in [6.45, 7) is -0.655. The van der Waals surface area contributed by atoms with Crippen LogP contribution in [0.25, 0.3) is 0 Å². The second-order valence-corrected chi connectivity index (χ2v) is 4.88. The van der Waals surface area contributed by atoms with Gasteiger partial charge in [0, 0.05) is 6.07 Å². The maximum absolute atomic E-state index is 13.8. The van der Waals surface area contributed by atoms with E-state index in [9.17, 15) is 18.8 Å². The molecule has 0 spiro atoms. The van der Waals surface area contributed by atoms with Crippen LogP contribution in [0.15, 0.2) is 42.5 Å². The molecule has 2 rings (SSSR count). The van der Waals surface area contributed by atoms with Crippen LogP contribution in [0, 0.1) is 5.82 Å². The molecule has 0 unspecified atom stereocenters. The normalized spacial score (nSPS) is 10.0. The lowest BCUT2D eigenvalue weighted by Crippen LogP contribution is -2.23. The number of ether oxygens (including phenoxy) is 2.